The van der Waals surface area contributed by atoms with Gasteiger partial charge in [0.15, 0.2) is 0 Å². The normalized spacial score (nSPS) is 16.2. The number of hydrogen-bond donors (Lipinski definition) is 1. The molecule has 0 spiro atoms. The standard InChI is InChI=1S/C13H15NO3/c1-2-5-9(8-15)14-12(16)10-6-3-4-7-11(10)13(14)17/h3-4,6-7,9,15H,2,5,8H2,1H3. The van der Waals surface area contributed by atoms with E-state index in [1.165, 1.54) is 4.90 Å². The number of fused-ring (bicyclic) bond motifs is 1. The van der Waals surface area contributed by atoms with E-state index in [0.717, 1.165) is 6.42 Å². The number of hydrogen-bond acceptors (Lipinski definition) is 3. The molecule has 17 heavy (non-hydrogen) atoms. The van der Waals surface area contributed by atoms with Gasteiger partial charge in [0.05, 0.1) is 23.8 Å². The highest BCUT2D eigenvalue weighted by Gasteiger charge is 2.38. The largest absolute Gasteiger partial charge is 0.394 e. The van der Waals surface area contributed by atoms with Crippen molar-refractivity contribution in [3.8, 4) is 0 Å². The number of aliphatic hydroxyl groups is 1. The van der Waals surface area contributed by atoms with Crippen molar-refractivity contribution in [2.45, 2.75) is 25.8 Å². The van der Waals surface area contributed by atoms with Crippen LogP contribution in [0.15, 0.2) is 24.3 Å². The van der Waals surface area contributed by atoms with Crippen LogP contribution < -0.4 is 0 Å². The van der Waals surface area contributed by atoms with Gasteiger partial charge >= 0.3 is 0 Å². The minimum Gasteiger partial charge on any atom is -0.394 e. The zero-order valence-corrected chi connectivity index (χ0v) is 9.72. The van der Waals surface area contributed by atoms with E-state index in [1.807, 2.05) is 6.92 Å². The Hall–Kier alpha value is -1.68. The maximum atomic E-state index is 12.1. The van der Waals surface area contributed by atoms with Crippen LogP contribution >= 0.6 is 0 Å². The molecule has 1 aliphatic heterocycles. The molecule has 1 aromatic rings. The number of carbonyl (C=O) groups excluding carboxylic acids is 2. The van der Waals surface area contributed by atoms with Crippen LogP contribution in [0.4, 0.5) is 0 Å². The topological polar surface area (TPSA) is 57.6 Å². The Balaban J connectivity index is 2.35. The molecule has 0 saturated heterocycles. The first-order chi connectivity index (χ1) is 8.20. The highest BCUT2D eigenvalue weighted by Crippen LogP contribution is 2.25. The third kappa shape index (κ3) is 1.85. The minimum absolute atomic E-state index is 0.181. The zero-order valence-electron chi connectivity index (χ0n) is 9.72. The minimum atomic E-state index is -0.410. The molecule has 0 radical (unpaired) electrons. The van der Waals surface area contributed by atoms with Gasteiger partial charge in [0.2, 0.25) is 0 Å². The van der Waals surface area contributed by atoms with E-state index in [2.05, 4.69) is 0 Å². The Morgan fingerprint density at radius 1 is 1.18 bits per heavy atom. The summed E-state index contributed by atoms with van der Waals surface area (Å²) in [4.78, 5) is 25.3. The number of nitrogens with zero attached hydrogens (tertiary/aromatic N) is 1. The van der Waals surface area contributed by atoms with Gasteiger partial charge in [-0.05, 0) is 18.6 Å². The molecule has 0 fully saturated rings. The summed E-state index contributed by atoms with van der Waals surface area (Å²) >= 11 is 0. The summed E-state index contributed by atoms with van der Waals surface area (Å²) in [6.07, 6.45) is 1.45. The third-order valence-electron chi connectivity index (χ3n) is 3.02. The molecule has 4 nitrogen and oxygen atoms in total. The molecule has 0 bridgehead atoms. The number of amides is 2. The van der Waals surface area contributed by atoms with Crippen LogP contribution in [0.25, 0.3) is 0 Å². The van der Waals surface area contributed by atoms with Crippen molar-refractivity contribution in [2.75, 3.05) is 6.61 Å². The lowest BCUT2D eigenvalue weighted by molar-refractivity contribution is 0.0504. The maximum absolute atomic E-state index is 12.1. The number of aliphatic hydroxyl groups excluding tert-OH is 1. The van der Waals surface area contributed by atoms with E-state index in [4.69, 9.17) is 0 Å². The lowest BCUT2D eigenvalue weighted by Gasteiger charge is -2.23. The Morgan fingerprint density at radius 3 is 2.12 bits per heavy atom. The SMILES string of the molecule is CCCC(CO)N1C(=O)c2ccccc2C1=O. The highest BCUT2D eigenvalue weighted by atomic mass is 16.3. The molecule has 1 unspecified atom stereocenters. The summed E-state index contributed by atoms with van der Waals surface area (Å²) in [5.41, 5.74) is 0.874. The van der Waals surface area contributed by atoms with Crippen LogP contribution in [0.5, 0.6) is 0 Å². The number of carbonyl (C=O) groups is 2. The number of imide groups is 1. The lowest BCUT2D eigenvalue weighted by Crippen LogP contribution is -2.42. The second-order valence-electron chi connectivity index (χ2n) is 4.15. The molecule has 0 aliphatic carbocycles. The van der Waals surface area contributed by atoms with E-state index in [9.17, 15) is 14.7 Å². The lowest BCUT2D eigenvalue weighted by atomic mass is 10.1. The van der Waals surface area contributed by atoms with Crippen LogP contribution in [0.1, 0.15) is 40.5 Å². The smallest absolute Gasteiger partial charge is 0.261 e. The fourth-order valence-corrected chi connectivity index (χ4v) is 2.17. The number of benzene rings is 1. The van der Waals surface area contributed by atoms with Crippen molar-refractivity contribution >= 4 is 11.8 Å². The quantitative estimate of drug-likeness (QED) is 0.801. The summed E-state index contributed by atoms with van der Waals surface area (Å²) in [5.74, 6) is -0.587. The average Bonchev–Trinajstić information content (AvgIpc) is 2.61. The van der Waals surface area contributed by atoms with E-state index < -0.39 is 6.04 Å². The predicted molar refractivity (Wildman–Crippen MR) is 62.7 cm³/mol. The van der Waals surface area contributed by atoms with Crippen molar-refractivity contribution in [2.24, 2.45) is 0 Å². The predicted octanol–water partition coefficient (Wildman–Crippen LogP) is 1.44. The van der Waals surface area contributed by atoms with E-state index in [-0.39, 0.29) is 18.4 Å². The molecule has 90 valence electrons. The fourth-order valence-electron chi connectivity index (χ4n) is 2.17. The fraction of sp³-hybridized carbons (Fsp3) is 0.385. The second-order valence-corrected chi connectivity index (χ2v) is 4.15. The van der Waals surface area contributed by atoms with Gasteiger partial charge in [0.25, 0.3) is 11.8 Å². The summed E-state index contributed by atoms with van der Waals surface area (Å²) in [7, 11) is 0. The van der Waals surface area contributed by atoms with Gasteiger partial charge in [-0.15, -0.1) is 0 Å². The molecule has 4 heteroatoms. The summed E-state index contributed by atoms with van der Waals surface area (Å²) in [6, 6.07) is 6.36. The Labute approximate surface area is 99.9 Å². The Morgan fingerprint density at radius 2 is 1.71 bits per heavy atom. The van der Waals surface area contributed by atoms with Crippen LogP contribution in [0.2, 0.25) is 0 Å². The van der Waals surface area contributed by atoms with Gasteiger partial charge in [-0.25, -0.2) is 0 Å². The average molecular weight is 233 g/mol. The van der Waals surface area contributed by atoms with Crippen LogP contribution in [0.3, 0.4) is 0 Å². The van der Waals surface area contributed by atoms with Gasteiger partial charge < -0.3 is 5.11 Å². The van der Waals surface area contributed by atoms with E-state index >= 15 is 0 Å². The van der Waals surface area contributed by atoms with Gasteiger partial charge in [-0.3, -0.25) is 14.5 Å². The first-order valence-electron chi connectivity index (χ1n) is 5.78. The second kappa shape index (κ2) is 4.67. The molecule has 1 atom stereocenters. The van der Waals surface area contributed by atoms with Crippen molar-refractivity contribution in [3.05, 3.63) is 35.4 Å². The Bertz CT molecular complexity index is 421. The molecule has 0 aromatic heterocycles. The van der Waals surface area contributed by atoms with Crippen molar-refractivity contribution < 1.29 is 14.7 Å². The monoisotopic (exact) mass is 233 g/mol. The zero-order chi connectivity index (χ0) is 12.4. The Kier molecular flexibility index (Phi) is 3.24. The molecule has 1 aromatic carbocycles. The van der Waals surface area contributed by atoms with Gasteiger partial charge in [-0.2, -0.15) is 0 Å². The number of rotatable bonds is 4. The van der Waals surface area contributed by atoms with Gasteiger partial charge in [0, 0.05) is 0 Å². The summed E-state index contributed by atoms with van der Waals surface area (Å²) < 4.78 is 0. The molecule has 1 aliphatic rings. The highest BCUT2D eigenvalue weighted by molar-refractivity contribution is 6.21. The first-order valence-corrected chi connectivity index (χ1v) is 5.78. The van der Waals surface area contributed by atoms with E-state index in [1.54, 1.807) is 24.3 Å². The van der Waals surface area contributed by atoms with Crippen molar-refractivity contribution in [3.63, 3.8) is 0 Å². The molecule has 1 heterocycles. The molecule has 2 rings (SSSR count). The third-order valence-corrected chi connectivity index (χ3v) is 3.02. The molecule has 1 N–H and O–H groups in total. The molecule has 0 saturated carbocycles. The molecular weight excluding hydrogens is 218 g/mol. The van der Waals surface area contributed by atoms with Gasteiger partial charge in [-0.1, -0.05) is 25.5 Å². The van der Waals surface area contributed by atoms with Crippen LogP contribution in [0, 0.1) is 0 Å². The summed E-state index contributed by atoms with van der Waals surface area (Å²) in [5, 5.41) is 9.29. The van der Waals surface area contributed by atoms with Crippen molar-refractivity contribution in [1.29, 1.82) is 0 Å². The first kappa shape index (κ1) is 11.8. The van der Waals surface area contributed by atoms with E-state index in [0.29, 0.717) is 17.5 Å². The summed E-state index contributed by atoms with van der Waals surface area (Å²) in [6.45, 7) is 1.78. The maximum Gasteiger partial charge on any atom is 0.261 e. The van der Waals surface area contributed by atoms with Crippen LogP contribution in [-0.4, -0.2) is 34.5 Å². The molecule has 2 amide bonds. The van der Waals surface area contributed by atoms with Gasteiger partial charge in [0.1, 0.15) is 0 Å². The molecular formula is C13H15NO3. The van der Waals surface area contributed by atoms with Crippen LogP contribution in [-0.2, 0) is 0 Å². The van der Waals surface area contributed by atoms with Crippen molar-refractivity contribution in [1.82, 2.24) is 4.90 Å².